The second-order valence-corrected chi connectivity index (χ2v) is 6.13. The first-order chi connectivity index (χ1) is 13.5. The molecule has 0 unspecified atom stereocenters. The molecule has 1 aromatic heterocycles. The Bertz CT molecular complexity index is 1060. The first-order valence-corrected chi connectivity index (χ1v) is 8.56. The maximum atomic E-state index is 13.0. The van der Waals surface area contributed by atoms with Crippen LogP contribution in [0.1, 0.15) is 12.0 Å². The predicted octanol–water partition coefficient (Wildman–Crippen LogP) is 2.90. The van der Waals surface area contributed by atoms with E-state index in [1.165, 1.54) is 29.2 Å². The highest BCUT2D eigenvalue weighted by molar-refractivity contribution is 5.93. The molecule has 0 atom stereocenters. The molecule has 0 N–H and O–H groups in total. The number of hydrogen-bond donors (Lipinski definition) is 0. The van der Waals surface area contributed by atoms with Crippen LogP contribution in [0.5, 0.6) is 0 Å². The quantitative estimate of drug-likeness (QED) is 0.656. The molecule has 0 aliphatic rings. The molecule has 7 nitrogen and oxygen atoms in total. The monoisotopic (exact) mass is 380 g/mol. The number of nitriles is 1. The van der Waals surface area contributed by atoms with E-state index >= 15 is 0 Å². The van der Waals surface area contributed by atoms with E-state index in [1.54, 1.807) is 12.1 Å². The Morgan fingerprint density at radius 1 is 1.21 bits per heavy atom. The van der Waals surface area contributed by atoms with Crippen molar-refractivity contribution in [3.05, 3.63) is 70.5 Å². The summed E-state index contributed by atoms with van der Waals surface area (Å²) in [7, 11) is 0. The molecule has 0 radical (unpaired) electrons. The summed E-state index contributed by atoms with van der Waals surface area (Å²) in [5.74, 6) is -1.62. The van der Waals surface area contributed by atoms with Crippen molar-refractivity contribution in [3.63, 3.8) is 0 Å². The third-order valence-corrected chi connectivity index (χ3v) is 4.08. The lowest BCUT2D eigenvalue weighted by Crippen LogP contribution is -2.36. The van der Waals surface area contributed by atoms with Crippen molar-refractivity contribution in [3.8, 4) is 17.5 Å². The fourth-order valence-corrected chi connectivity index (χ4v) is 2.61. The number of benzene rings is 2. The van der Waals surface area contributed by atoms with Gasteiger partial charge in [-0.3, -0.25) is 4.79 Å². The SMILES string of the molecule is Cc1ccc(N(CCC#N)C(=O)Cn2nc(-c3ccc(F)cc3)oc2=O)cc1. The molecular weight excluding hydrogens is 363 g/mol. The zero-order chi connectivity index (χ0) is 20.1. The summed E-state index contributed by atoms with van der Waals surface area (Å²) in [5.41, 5.74) is 2.08. The average Bonchev–Trinajstić information content (AvgIpc) is 3.04. The van der Waals surface area contributed by atoms with Gasteiger partial charge in [-0.15, -0.1) is 5.10 Å². The molecule has 2 aromatic carbocycles. The molecule has 0 fully saturated rings. The minimum Gasteiger partial charge on any atom is -0.388 e. The number of carbonyl (C=O) groups excluding carboxylic acids is 1. The average molecular weight is 380 g/mol. The number of amides is 1. The second-order valence-electron chi connectivity index (χ2n) is 6.13. The summed E-state index contributed by atoms with van der Waals surface area (Å²) in [6, 6.07) is 14.6. The number of aromatic nitrogens is 2. The molecule has 3 aromatic rings. The van der Waals surface area contributed by atoms with E-state index in [-0.39, 0.29) is 25.4 Å². The van der Waals surface area contributed by atoms with Gasteiger partial charge in [0.05, 0.1) is 12.5 Å². The molecule has 0 spiro atoms. The van der Waals surface area contributed by atoms with Gasteiger partial charge in [-0.05, 0) is 43.3 Å². The van der Waals surface area contributed by atoms with Crippen LogP contribution < -0.4 is 10.7 Å². The van der Waals surface area contributed by atoms with Crippen LogP contribution in [0.3, 0.4) is 0 Å². The molecule has 0 bridgehead atoms. The van der Waals surface area contributed by atoms with E-state index in [2.05, 4.69) is 5.10 Å². The minimum absolute atomic E-state index is 0.00305. The van der Waals surface area contributed by atoms with Crippen LogP contribution >= 0.6 is 0 Å². The zero-order valence-electron chi connectivity index (χ0n) is 15.1. The van der Waals surface area contributed by atoms with Gasteiger partial charge < -0.3 is 9.32 Å². The van der Waals surface area contributed by atoms with Gasteiger partial charge in [-0.1, -0.05) is 17.7 Å². The molecule has 8 heteroatoms. The lowest BCUT2D eigenvalue weighted by Gasteiger charge is -2.21. The van der Waals surface area contributed by atoms with Crippen LogP contribution in [0.15, 0.2) is 57.7 Å². The Labute approximate surface area is 160 Å². The number of hydrogen-bond acceptors (Lipinski definition) is 5. The molecule has 3 rings (SSSR count). The molecular formula is C20H17FN4O3. The maximum absolute atomic E-state index is 13.0. The van der Waals surface area contributed by atoms with Crippen molar-refractivity contribution < 1.29 is 13.6 Å². The number of rotatable bonds is 6. The largest absolute Gasteiger partial charge is 0.437 e. The van der Waals surface area contributed by atoms with E-state index in [4.69, 9.17) is 9.68 Å². The van der Waals surface area contributed by atoms with Gasteiger partial charge in [-0.25, -0.2) is 9.18 Å². The summed E-state index contributed by atoms with van der Waals surface area (Å²) >= 11 is 0. The highest BCUT2D eigenvalue weighted by Crippen LogP contribution is 2.18. The molecule has 142 valence electrons. The van der Waals surface area contributed by atoms with Gasteiger partial charge in [0.1, 0.15) is 12.4 Å². The zero-order valence-corrected chi connectivity index (χ0v) is 15.1. The first-order valence-electron chi connectivity index (χ1n) is 8.56. The summed E-state index contributed by atoms with van der Waals surface area (Å²) < 4.78 is 19.0. The summed E-state index contributed by atoms with van der Waals surface area (Å²) in [4.78, 5) is 26.3. The van der Waals surface area contributed by atoms with Crippen molar-refractivity contribution >= 4 is 11.6 Å². The lowest BCUT2D eigenvalue weighted by atomic mass is 10.2. The number of carbonyl (C=O) groups is 1. The smallest absolute Gasteiger partial charge is 0.388 e. The maximum Gasteiger partial charge on any atom is 0.437 e. The lowest BCUT2D eigenvalue weighted by molar-refractivity contribution is -0.119. The molecule has 0 saturated heterocycles. The Balaban J connectivity index is 1.83. The highest BCUT2D eigenvalue weighted by atomic mass is 19.1. The Morgan fingerprint density at radius 2 is 1.89 bits per heavy atom. The Hall–Kier alpha value is -3.73. The Morgan fingerprint density at radius 3 is 2.54 bits per heavy atom. The minimum atomic E-state index is -0.795. The summed E-state index contributed by atoms with van der Waals surface area (Å²) in [6.07, 6.45) is 0.147. The molecule has 0 aliphatic heterocycles. The van der Waals surface area contributed by atoms with Gasteiger partial charge in [0.2, 0.25) is 11.8 Å². The Kier molecular flexibility index (Phi) is 5.65. The first kappa shape index (κ1) is 19.0. The van der Waals surface area contributed by atoms with Crippen LogP contribution in [-0.2, 0) is 11.3 Å². The number of nitrogens with zero attached hydrogens (tertiary/aromatic N) is 4. The highest BCUT2D eigenvalue weighted by Gasteiger charge is 2.19. The van der Waals surface area contributed by atoms with Crippen molar-refractivity contribution in [1.29, 1.82) is 5.26 Å². The van der Waals surface area contributed by atoms with Crippen LogP contribution in [0.4, 0.5) is 10.1 Å². The van der Waals surface area contributed by atoms with E-state index in [0.717, 1.165) is 10.2 Å². The van der Waals surface area contributed by atoms with Gasteiger partial charge in [0.25, 0.3) is 0 Å². The van der Waals surface area contributed by atoms with E-state index < -0.39 is 17.5 Å². The normalized spacial score (nSPS) is 10.5. The topological polar surface area (TPSA) is 92.1 Å². The predicted molar refractivity (Wildman–Crippen MR) is 99.9 cm³/mol. The van der Waals surface area contributed by atoms with Crippen LogP contribution in [-0.4, -0.2) is 22.2 Å². The van der Waals surface area contributed by atoms with Crippen molar-refractivity contribution in [2.45, 2.75) is 19.9 Å². The van der Waals surface area contributed by atoms with Crippen LogP contribution in [0.2, 0.25) is 0 Å². The van der Waals surface area contributed by atoms with Gasteiger partial charge in [-0.2, -0.15) is 9.94 Å². The molecule has 28 heavy (non-hydrogen) atoms. The third-order valence-electron chi connectivity index (χ3n) is 4.08. The van der Waals surface area contributed by atoms with Crippen LogP contribution in [0.25, 0.3) is 11.5 Å². The molecule has 1 amide bonds. The summed E-state index contributed by atoms with van der Waals surface area (Å²) in [5, 5.41) is 12.9. The molecule has 0 aliphatic carbocycles. The summed E-state index contributed by atoms with van der Waals surface area (Å²) in [6.45, 7) is 1.77. The van der Waals surface area contributed by atoms with Crippen molar-refractivity contribution in [1.82, 2.24) is 9.78 Å². The number of anilines is 1. The van der Waals surface area contributed by atoms with Gasteiger partial charge >= 0.3 is 5.76 Å². The molecule has 0 saturated carbocycles. The number of aryl methyl sites for hydroxylation is 1. The van der Waals surface area contributed by atoms with Crippen molar-refractivity contribution in [2.75, 3.05) is 11.4 Å². The van der Waals surface area contributed by atoms with E-state index in [9.17, 15) is 14.0 Å². The van der Waals surface area contributed by atoms with Gasteiger partial charge in [0.15, 0.2) is 0 Å². The second kappa shape index (κ2) is 8.31. The number of halogens is 1. The third kappa shape index (κ3) is 4.32. The van der Waals surface area contributed by atoms with Gasteiger partial charge in [0, 0.05) is 17.8 Å². The fourth-order valence-electron chi connectivity index (χ4n) is 2.61. The van der Waals surface area contributed by atoms with Crippen molar-refractivity contribution in [2.24, 2.45) is 0 Å². The van der Waals surface area contributed by atoms with E-state index in [1.807, 2.05) is 25.1 Å². The van der Waals surface area contributed by atoms with Crippen LogP contribution in [0, 0.1) is 24.1 Å². The van der Waals surface area contributed by atoms with E-state index in [0.29, 0.717) is 11.3 Å². The fraction of sp³-hybridized carbons (Fsp3) is 0.200. The molecule has 1 heterocycles. The standard InChI is InChI=1S/C20H17FN4O3/c1-14-3-9-17(10-4-14)24(12-2-11-22)18(26)13-25-20(27)28-19(23-25)15-5-7-16(21)8-6-15/h3-10H,2,12-13H2,1H3.